The van der Waals surface area contributed by atoms with Crippen molar-refractivity contribution in [2.75, 3.05) is 0 Å². The number of pyridine rings is 1. The van der Waals surface area contributed by atoms with E-state index in [1.807, 2.05) is 42.5 Å². The number of phenolic OH excluding ortho intramolecular Hbond substituents is 1. The Labute approximate surface area is 203 Å². The predicted octanol–water partition coefficient (Wildman–Crippen LogP) is 4.48. The fourth-order valence-electron chi connectivity index (χ4n) is 5.66. The molecule has 7 heteroatoms. The molecule has 1 atom stereocenters. The van der Waals surface area contributed by atoms with E-state index < -0.39 is 17.3 Å². The molecule has 0 aliphatic carbocycles. The first-order chi connectivity index (χ1) is 17.5. The monoisotopic (exact) mass is 477 g/mol. The summed E-state index contributed by atoms with van der Waals surface area (Å²) in [6, 6.07) is 18.1. The molecule has 0 fully saturated rings. The van der Waals surface area contributed by atoms with Crippen molar-refractivity contribution in [3.63, 3.8) is 0 Å². The van der Waals surface area contributed by atoms with Crippen LogP contribution in [0.4, 0.5) is 0 Å². The van der Waals surface area contributed by atoms with Gasteiger partial charge in [-0.2, -0.15) is 0 Å². The number of fused-ring (bicyclic) bond motifs is 3. The summed E-state index contributed by atoms with van der Waals surface area (Å²) in [5, 5.41) is 11.7. The van der Waals surface area contributed by atoms with Gasteiger partial charge in [-0.1, -0.05) is 48.5 Å². The van der Waals surface area contributed by atoms with E-state index in [4.69, 9.17) is 9.15 Å². The van der Waals surface area contributed by atoms with Crippen LogP contribution in [0.25, 0.3) is 33.0 Å². The zero-order chi connectivity index (χ0) is 24.6. The average molecular weight is 477 g/mol. The average Bonchev–Trinajstić information content (AvgIpc) is 3.32. The van der Waals surface area contributed by atoms with Crippen LogP contribution in [0.2, 0.25) is 0 Å². The fourth-order valence-corrected chi connectivity index (χ4v) is 5.66. The van der Waals surface area contributed by atoms with Crippen molar-refractivity contribution in [2.45, 2.75) is 25.3 Å². The summed E-state index contributed by atoms with van der Waals surface area (Å²) in [4.78, 5) is 39.7. The van der Waals surface area contributed by atoms with Crippen LogP contribution in [0.5, 0.6) is 11.5 Å². The first-order valence-electron chi connectivity index (χ1n) is 11.7. The van der Waals surface area contributed by atoms with E-state index in [0.717, 1.165) is 22.9 Å². The van der Waals surface area contributed by atoms with E-state index in [2.05, 4.69) is 0 Å². The molecule has 0 spiro atoms. The van der Waals surface area contributed by atoms with Crippen molar-refractivity contribution in [2.24, 2.45) is 0 Å². The molecule has 0 bridgehead atoms. The lowest BCUT2D eigenvalue weighted by molar-refractivity contribution is -0.135. The standard InChI is InChI=1S/C29H19NO6/c31-21-13-22-24(28-25(21)27(33)20(14-35-28)15-5-2-1-3-6-15)18(12-23(32)36-22)19-11-17-8-4-7-16-9-10-30(26(16)17)29(19)34/h1-8,11,13-14,18,31H,9-10,12H2/t18-/m1/s1. The van der Waals surface area contributed by atoms with Crippen LogP contribution in [-0.2, 0) is 17.8 Å². The minimum atomic E-state index is -0.694. The van der Waals surface area contributed by atoms with Gasteiger partial charge in [0.1, 0.15) is 28.7 Å². The van der Waals surface area contributed by atoms with Crippen molar-refractivity contribution in [1.82, 2.24) is 4.57 Å². The second kappa shape index (κ2) is 7.42. The Morgan fingerprint density at radius 2 is 1.81 bits per heavy atom. The van der Waals surface area contributed by atoms with E-state index >= 15 is 0 Å². The molecule has 4 heterocycles. The first-order valence-corrected chi connectivity index (χ1v) is 11.7. The van der Waals surface area contributed by atoms with E-state index in [0.29, 0.717) is 28.8 Å². The van der Waals surface area contributed by atoms with Gasteiger partial charge in [0.15, 0.2) is 0 Å². The molecule has 7 rings (SSSR count). The number of para-hydroxylation sites is 1. The molecule has 0 radical (unpaired) electrons. The molecule has 1 N–H and O–H groups in total. The number of carbonyl (C=O) groups excluding carboxylic acids is 1. The Morgan fingerprint density at radius 3 is 2.64 bits per heavy atom. The fraction of sp³-hybridized carbons (Fsp3) is 0.138. The Hall–Kier alpha value is -4.65. The Morgan fingerprint density at radius 1 is 0.972 bits per heavy atom. The second-order valence-corrected chi connectivity index (χ2v) is 9.25. The van der Waals surface area contributed by atoms with E-state index in [-0.39, 0.29) is 34.4 Å². The van der Waals surface area contributed by atoms with Crippen molar-refractivity contribution in [3.8, 4) is 22.6 Å². The lowest BCUT2D eigenvalue weighted by Gasteiger charge is -2.26. The number of nitrogens with zero attached hydrogens (tertiary/aromatic N) is 1. The van der Waals surface area contributed by atoms with Gasteiger partial charge in [0, 0.05) is 29.7 Å². The van der Waals surface area contributed by atoms with Gasteiger partial charge in [0.25, 0.3) is 5.56 Å². The highest BCUT2D eigenvalue weighted by Gasteiger charge is 2.36. The molecule has 0 unspecified atom stereocenters. The number of aromatic hydroxyl groups is 1. The third-order valence-corrected chi connectivity index (χ3v) is 7.26. The van der Waals surface area contributed by atoms with Crippen LogP contribution >= 0.6 is 0 Å². The molecule has 2 aromatic heterocycles. The second-order valence-electron chi connectivity index (χ2n) is 9.25. The lowest BCUT2D eigenvalue weighted by atomic mass is 9.85. The van der Waals surface area contributed by atoms with Crippen LogP contribution in [0.3, 0.4) is 0 Å². The number of carbonyl (C=O) groups is 1. The number of esters is 1. The molecule has 176 valence electrons. The van der Waals surface area contributed by atoms with Crippen LogP contribution in [0.15, 0.2) is 80.9 Å². The summed E-state index contributed by atoms with van der Waals surface area (Å²) >= 11 is 0. The molecule has 2 aliphatic heterocycles. The Kier molecular flexibility index (Phi) is 4.27. The summed E-state index contributed by atoms with van der Waals surface area (Å²) in [5.74, 6) is -1.47. The number of phenols is 1. The van der Waals surface area contributed by atoms with Gasteiger partial charge in [-0.25, -0.2) is 0 Å². The SMILES string of the molecule is O=C1C[C@H](c2cc3cccc4c3n(c2=O)CC4)c2c(cc(O)c3c(=O)c(-c4ccccc4)coc23)O1. The summed E-state index contributed by atoms with van der Waals surface area (Å²) < 4.78 is 13.2. The largest absolute Gasteiger partial charge is 0.507 e. The van der Waals surface area contributed by atoms with Crippen LogP contribution in [0.1, 0.15) is 29.0 Å². The van der Waals surface area contributed by atoms with E-state index in [9.17, 15) is 19.5 Å². The van der Waals surface area contributed by atoms with Crippen molar-refractivity contribution in [1.29, 1.82) is 0 Å². The van der Waals surface area contributed by atoms with E-state index in [1.165, 1.54) is 12.3 Å². The highest BCUT2D eigenvalue weighted by molar-refractivity contribution is 5.94. The van der Waals surface area contributed by atoms with Gasteiger partial charge in [0.05, 0.1) is 17.5 Å². The van der Waals surface area contributed by atoms with Gasteiger partial charge in [-0.15, -0.1) is 0 Å². The molecule has 0 saturated carbocycles. The van der Waals surface area contributed by atoms with Crippen molar-refractivity contribution < 1.29 is 19.1 Å². The number of ether oxygens (including phenoxy) is 1. The molecule has 7 nitrogen and oxygen atoms in total. The number of hydrogen-bond acceptors (Lipinski definition) is 6. The molecule has 0 amide bonds. The number of aromatic nitrogens is 1. The maximum atomic E-state index is 13.6. The molecular formula is C29H19NO6. The number of rotatable bonds is 2. The molecule has 36 heavy (non-hydrogen) atoms. The van der Waals surface area contributed by atoms with Crippen LogP contribution in [-0.4, -0.2) is 15.6 Å². The molecule has 3 aromatic carbocycles. The minimum absolute atomic E-state index is 0.00855. The zero-order valence-electron chi connectivity index (χ0n) is 19.0. The van der Waals surface area contributed by atoms with Gasteiger partial charge in [0.2, 0.25) is 5.43 Å². The number of benzene rings is 3. The quantitative estimate of drug-likeness (QED) is 0.297. The predicted molar refractivity (Wildman–Crippen MR) is 134 cm³/mol. The maximum Gasteiger partial charge on any atom is 0.312 e. The van der Waals surface area contributed by atoms with Gasteiger partial charge >= 0.3 is 5.97 Å². The minimum Gasteiger partial charge on any atom is -0.507 e. The lowest BCUT2D eigenvalue weighted by Crippen LogP contribution is -2.29. The summed E-state index contributed by atoms with van der Waals surface area (Å²) in [6.07, 6.45) is 2.04. The summed E-state index contributed by atoms with van der Waals surface area (Å²) in [7, 11) is 0. The smallest absolute Gasteiger partial charge is 0.312 e. The highest BCUT2D eigenvalue weighted by atomic mass is 16.5. The summed E-state index contributed by atoms with van der Waals surface area (Å²) in [6.45, 7) is 0.568. The third kappa shape index (κ3) is 2.83. The maximum absolute atomic E-state index is 13.6. The molecule has 0 saturated heterocycles. The first kappa shape index (κ1) is 20.7. The van der Waals surface area contributed by atoms with E-state index in [1.54, 1.807) is 16.7 Å². The zero-order valence-corrected chi connectivity index (χ0v) is 19.0. The summed E-state index contributed by atoms with van der Waals surface area (Å²) in [5.41, 5.74) is 3.36. The molecule has 2 aliphatic rings. The third-order valence-electron chi connectivity index (χ3n) is 7.26. The number of hydrogen-bond donors (Lipinski definition) is 1. The van der Waals surface area contributed by atoms with Gasteiger partial charge in [-0.3, -0.25) is 14.4 Å². The van der Waals surface area contributed by atoms with Gasteiger partial charge in [-0.05, 0) is 29.0 Å². The van der Waals surface area contributed by atoms with Crippen molar-refractivity contribution in [3.05, 3.63) is 104 Å². The Balaban J connectivity index is 1.52. The highest BCUT2D eigenvalue weighted by Crippen LogP contribution is 2.45. The molecular weight excluding hydrogens is 458 g/mol. The van der Waals surface area contributed by atoms with Crippen molar-refractivity contribution >= 4 is 27.8 Å². The van der Waals surface area contributed by atoms with Crippen LogP contribution < -0.4 is 15.7 Å². The number of aryl methyl sites for hydroxylation is 2. The topological polar surface area (TPSA) is 98.7 Å². The normalized spacial score (nSPS) is 16.3. The van der Waals surface area contributed by atoms with Crippen LogP contribution in [0, 0.1) is 0 Å². The van der Waals surface area contributed by atoms with Gasteiger partial charge < -0.3 is 18.8 Å². The Bertz CT molecular complexity index is 1870. The molecule has 5 aromatic rings.